The van der Waals surface area contributed by atoms with E-state index in [0.717, 1.165) is 5.56 Å². The van der Waals surface area contributed by atoms with Crippen LogP contribution in [0.1, 0.15) is 26.3 Å². The van der Waals surface area contributed by atoms with E-state index in [0.29, 0.717) is 12.3 Å². The van der Waals surface area contributed by atoms with Crippen LogP contribution in [0.2, 0.25) is 0 Å². The molecule has 0 fully saturated rings. The van der Waals surface area contributed by atoms with Gasteiger partial charge < -0.3 is 10.1 Å². The summed E-state index contributed by atoms with van der Waals surface area (Å²) >= 11 is 0. The minimum absolute atomic E-state index is 0.0718. The highest BCUT2D eigenvalue weighted by Gasteiger charge is 2.15. The lowest BCUT2D eigenvalue weighted by Gasteiger charge is -2.19. The standard InChI is InChI=1S/C12H18N2O3/c1-12(2,3)17-8-9-5-6-10(13-4)11(7-9)14(15)16/h5-7,13H,8H2,1-4H3. The molecule has 5 nitrogen and oxygen atoms in total. The minimum Gasteiger partial charge on any atom is -0.383 e. The number of nitro groups is 1. The Morgan fingerprint density at radius 1 is 1.41 bits per heavy atom. The van der Waals surface area contributed by atoms with Gasteiger partial charge in [-0.15, -0.1) is 0 Å². The van der Waals surface area contributed by atoms with Crippen molar-refractivity contribution in [1.29, 1.82) is 0 Å². The molecule has 0 saturated heterocycles. The van der Waals surface area contributed by atoms with Crippen LogP contribution in [0.5, 0.6) is 0 Å². The second-order valence-corrected chi connectivity index (χ2v) is 4.76. The average molecular weight is 238 g/mol. The summed E-state index contributed by atoms with van der Waals surface area (Å²) in [4.78, 5) is 10.5. The van der Waals surface area contributed by atoms with Gasteiger partial charge in [0.15, 0.2) is 0 Å². The van der Waals surface area contributed by atoms with Crippen molar-refractivity contribution in [3.05, 3.63) is 33.9 Å². The topological polar surface area (TPSA) is 64.4 Å². The molecule has 1 aromatic carbocycles. The Morgan fingerprint density at radius 2 is 2.06 bits per heavy atom. The average Bonchev–Trinajstić information content (AvgIpc) is 2.25. The van der Waals surface area contributed by atoms with Crippen LogP contribution in [0, 0.1) is 10.1 Å². The fourth-order valence-corrected chi connectivity index (χ4v) is 1.33. The molecule has 5 heteroatoms. The van der Waals surface area contributed by atoms with Crippen molar-refractivity contribution in [2.45, 2.75) is 33.0 Å². The van der Waals surface area contributed by atoms with Gasteiger partial charge in [-0.05, 0) is 32.4 Å². The third-order valence-electron chi connectivity index (χ3n) is 2.20. The number of hydrogen-bond acceptors (Lipinski definition) is 4. The lowest BCUT2D eigenvalue weighted by Crippen LogP contribution is -2.18. The van der Waals surface area contributed by atoms with E-state index in [4.69, 9.17) is 4.74 Å². The maximum Gasteiger partial charge on any atom is 0.292 e. The molecular formula is C12H18N2O3. The van der Waals surface area contributed by atoms with Gasteiger partial charge >= 0.3 is 0 Å². The molecule has 0 radical (unpaired) electrons. The van der Waals surface area contributed by atoms with E-state index < -0.39 is 4.92 Å². The zero-order chi connectivity index (χ0) is 13.1. The van der Waals surface area contributed by atoms with Crippen molar-refractivity contribution in [3.8, 4) is 0 Å². The highest BCUT2D eigenvalue weighted by molar-refractivity contribution is 5.62. The summed E-state index contributed by atoms with van der Waals surface area (Å²) in [6.07, 6.45) is 0. The van der Waals surface area contributed by atoms with Crippen LogP contribution in [0.25, 0.3) is 0 Å². The summed E-state index contributed by atoms with van der Waals surface area (Å²) in [5.74, 6) is 0. The number of benzene rings is 1. The van der Waals surface area contributed by atoms with E-state index in [1.54, 1.807) is 13.1 Å². The van der Waals surface area contributed by atoms with Crippen LogP contribution in [-0.2, 0) is 11.3 Å². The summed E-state index contributed by atoms with van der Waals surface area (Å²) < 4.78 is 5.58. The largest absolute Gasteiger partial charge is 0.383 e. The third kappa shape index (κ3) is 4.03. The van der Waals surface area contributed by atoms with Crippen molar-refractivity contribution < 1.29 is 9.66 Å². The van der Waals surface area contributed by atoms with Gasteiger partial charge in [0.1, 0.15) is 5.69 Å². The highest BCUT2D eigenvalue weighted by atomic mass is 16.6. The van der Waals surface area contributed by atoms with Crippen LogP contribution in [0.4, 0.5) is 11.4 Å². The van der Waals surface area contributed by atoms with Crippen molar-refractivity contribution in [2.24, 2.45) is 0 Å². The van der Waals surface area contributed by atoms with Gasteiger partial charge in [0.2, 0.25) is 0 Å². The molecule has 0 aliphatic rings. The number of nitro benzene ring substituents is 1. The molecule has 0 aromatic heterocycles. The molecular weight excluding hydrogens is 220 g/mol. The fraction of sp³-hybridized carbons (Fsp3) is 0.500. The van der Waals surface area contributed by atoms with Gasteiger partial charge in [-0.2, -0.15) is 0 Å². The SMILES string of the molecule is CNc1ccc(COC(C)(C)C)cc1[N+](=O)[O-]. The lowest BCUT2D eigenvalue weighted by atomic mass is 10.1. The Balaban J connectivity index is 2.89. The zero-order valence-electron chi connectivity index (χ0n) is 10.6. The molecule has 0 atom stereocenters. The van der Waals surface area contributed by atoms with Crippen LogP contribution in [0.15, 0.2) is 18.2 Å². The van der Waals surface area contributed by atoms with Crippen molar-refractivity contribution in [3.63, 3.8) is 0 Å². The number of ether oxygens (including phenoxy) is 1. The van der Waals surface area contributed by atoms with Crippen LogP contribution < -0.4 is 5.32 Å². The Bertz CT molecular complexity index is 411. The summed E-state index contributed by atoms with van der Waals surface area (Å²) in [5.41, 5.74) is 1.12. The van der Waals surface area contributed by atoms with Crippen LogP contribution in [0.3, 0.4) is 0 Å². The maximum absolute atomic E-state index is 10.9. The summed E-state index contributed by atoms with van der Waals surface area (Å²) in [7, 11) is 1.66. The third-order valence-corrected chi connectivity index (χ3v) is 2.20. The first-order valence-electron chi connectivity index (χ1n) is 5.42. The van der Waals surface area contributed by atoms with E-state index in [-0.39, 0.29) is 11.3 Å². The molecule has 0 spiro atoms. The summed E-state index contributed by atoms with van der Waals surface area (Å²) in [6, 6.07) is 5.06. The molecule has 1 N–H and O–H groups in total. The number of nitrogens with zero attached hydrogens (tertiary/aromatic N) is 1. The van der Waals surface area contributed by atoms with E-state index in [1.807, 2.05) is 26.8 Å². The van der Waals surface area contributed by atoms with Gasteiger partial charge in [0, 0.05) is 13.1 Å². The number of nitrogens with one attached hydrogen (secondary N) is 1. The van der Waals surface area contributed by atoms with E-state index in [2.05, 4.69) is 5.32 Å². The lowest BCUT2D eigenvalue weighted by molar-refractivity contribution is -0.384. The van der Waals surface area contributed by atoms with Gasteiger partial charge in [-0.1, -0.05) is 6.07 Å². The Kier molecular flexibility index (Phi) is 4.07. The van der Waals surface area contributed by atoms with Crippen molar-refractivity contribution in [2.75, 3.05) is 12.4 Å². The molecule has 0 bridgehead atoms. The van der Waals surface area contributed by atoms with Gasteiger partial charge in [0.05, 0.1) is 17.1 Å². The van der Waals surface area contributed by atoms with Crippen molar-refractivity contribution in [1.82, 2.24) is 0 Å². The smallest absolute Gasteiger partial charge is 0.292 e. The Morgan fingerprint density at radius 3 is 2.53 bits per heavy atom. The first-order chi connectivity index (χ1) is 7.83. The minimum atomic E-state index is -0.396. The van der Waals surface area contributed by atoms with Gasteiger partial charge in [-0.25, -0.2) is 0 Å². The van der Waals surface area contributed by atoms with E-state index in [9.17, 15) is 10.1 Å². The number of rotatable bonds is 4. The predicted molar refractivity (Wildman–Crippen MR) is 67.2 cm³/mol. The quantitative estimate of drug-likeness (QED) is 0.647. The van der Waals surface area contributed by atoms with E-state index in [1.165, 1.54) is 6.07 Å². The van der Waals surface area contributed by atoms with Crippen molar-refractivity contribution >= 4 is 11.4 Å². The fourth-order valence-electron chi connectivity index (χ4n) is 1.33. The predicted octanol–water partition coefficient (Wildman–Crippen LogP) is 2.95. The molecule has 1 aromatic rings. The zero-order valence-corrected chi connectivity index (χ0v) is 10.6. The van der Waals surface area contributed by atoms with Crippen LogP contribution in [-0.4, -0.2) is 17.6 Å². The molecule has 0 heterocycles. The number of anilines is 1. The number of hydrogen-bond donors (Lipinski definition) is 1. The molecule has 17 heavy (non-hydrogen) atoms. The monoisotopic (exact) mass is 238 g/mol. The molecule has 0 aliphatic carbocycles. The molecule has 0 saturated carbocycles. The first kappa shape index (κ1) is 13.4. The van der Waals surface area contributed by atoms with Gasteiger partial charge in [-0.3, -0.25) is 10.1 Å². The van der Waals surface area contributed by atoms with E-state index >= 15 is 0 Å². The normalized spacial score (nSPS) is 11.3. The molecule has 0 aliphatic heterocycles. The van der Waals surface area contributed by atoms with Gasteiger partial charge in [0.25, 0.3) is 5.69 Å². The van der Waals surface area contributed by atoms with Crippen LogP contribution >= 0.6 is 0 Å². The second-order valence-electron chi connectivity index (χ2n) is 4.76. The summed E-state index contributed by atoms with van der Waals surface area (Å²) in [5, 5.41) is 13.7. The highest BCUT2D eigenvalue weighted by Crippen LogP contribution is 2.25. The first-order valence-corrected chi connectivity index (χ1v) is 5.42. The maximum atomic E-state index is 10.9. The Labute approximate surface area is 101 Å². The summed E-state index contributed by atoms with van der Waals surface area (Å²) in [6.45, 7) is 6.21. The Hall–Kier alpha value is -1.62. The second kappa shape index (κ2) is 5.14. The molecule has 94 valence electrons. The molecule has 0 amide bonds. The molecule has 1 rings (SSSR count). The molecule has 0 unspecified atom stereocenters.